The minimum Gasteiger partial charge on any atom is -0.481 e. The smallest absolute Gasteiger partial charge is 0.307 e. The average Bonchev–Trinajstić information content (AvgIpc) is 2.56. The SMILES string of the molecule is CCCCc1ccc(NC(=O)[C@@H]2CC(C)=C(C)C[C@H]2C(=O)O)cc1. The largest absolute Gasteiger partial charge is 0.481 e. The summed E-state index contributed by atoms with van der Waals surface area (Å²) >= 11 is 0. The zero-order valence-corrected chi connectivity index (χ0v) is 14.8. The van der Waals surface area contributed by atoms with Gasteiger partial charge in [-0.1, -0.05) is 36.6 Å². The van der Waals surface area contributed by atoms with Gasteiger partial charge < -0.3 is 10.4 Å². The number of anilines is 1. The van der Waals surface area contributed by atoms with Crippen molar-refractivity contribution in [2.24, 2.45) is 11.8 Å². The van der Waals surface area contributed by atoms with Crippen LogP contribution in [0.15, 0.2) is 35.4 Å². The number of carbonyl (C=O) groups is 2. The van der Waals surface area contributed by atoms with E-state index in [2.05, 4.69) is 12.2 Å². The molecule has 4 nitrogen and oxygen atoms in total. The standard InChI is InChI=1S/C20H27NO3/c1-4-5-6-15-7-9-16(10-8-15)21-19(22)17-11-13(2)14(3)12-18(17)20(23)24/h7-10,17-18H,4-6,11-12H2,1-3H3,(H,21,22)(H,23,24)/t17-,18-/m1/s1. The Hall–Kier alpha value is -2.10. The maximum atomic E-state index is 12.6. The number of allylic oxidation sites excluding steroid dienone is 2. The minimum atomic E-state index is -0.892. The van der Waals surface area contributed by atoms with Gasteiger partial charge in [0.2, 0.25) is 5.91 Å². The second kappa shape index (κ2) is 8.13. The number of hydrogen-bond donors (Lipinski definition) is 2. The number of amides is 1. The second-order valence-electron chi connectivity index (χ2n) is 6.81. The molecule has 1 aromatic carbocycles. The molecule has 4 heteroatoms. The van der Waals surface area contributed by atoms with Crippen molar-refractivity contribution in [1.82, 2.24) is 0 Å². The average molecular weight is 329 g/mol. The number of aliphatic carboxylic acids is 1. The Morgan fingerprint density at radius 1 is 1.08 bits per heavy atom. The predicted octanol–water partition coefficient (Wildman–Crippen LogP) is 4.41. The minimum absolute atomic E-state index is 0.199. The normalized spacial score (nSPS) is 20.8. The van der Waals surface area contributed by atoms with E-state index >= 15 is 0 Å². The first-order chi connectivity index (χ1) is 11.4. The summed E-state index contributed by atoms with van der Waals surface area (Å²) in [5.41, 5.74) is 4.20. The van der Waals surface area contributed by atoms with Crippen LogP contribution in [0.25, 0.3) is 0 Å². The molecule has 0 aliphatic heterocycles. The van der Waals surface area contributed by atoms with Gasteiger partial charge in [0, 0.05) is 5.69 Å². The van der Waals surface area contributed by atoms with Crippen LogP contribution in [-0.4, -0.2) is 17.0 Å². The topological polar surface area (TPSA) is 66.4 Å². The van der Waals surface area contributed by atoms with E-state index < -0.39 is 17.8 Å². The van der Waals surface area contributed by atoms with E-state index in [9.17, 15) is 14.7 Å². The molecule has 130 valence electrons. The molecule has 0 aromatic heterocycles. The van der Waals surface area contributed by atoms with E-state index in [4.69, 9.17) is 0 Å². The lowest BCUT2D eigenvalue weighted by Gasteiger charge is -2.29. The summed E-state index contributed by atoms with van der Waals surface area (Å²) < 4.78 is 0. The molecule has 0 saturated heterocycles. The van der Waals surface area contributed by atoms with Crippen LogP contribution in [0, 0.1) is 11.8 Å². The number of carbonyl (C=O) groups excluding carboxylic acids is 1. The van der Waals surface area contributed by atoms with Crippen molar-refractivity contribution in [3.05, 3.63) is 41.0 Å². The number of hydrogen-bond acceptors (Lipinski definition) is 2. The van der Waals surface area contributed by atoms with Gasteiger partial charge in [0.1, 0.15) is 0 Å². The van der Waals surface area contributed by atoms with Crippen molar-refractivity contribution in [2.75, 3.05) is 5.32 Å². The zero-order chi connectivity index (χ0) is 17.7. The van der Waals surface area contributed by atoms with Crippen LogP contribution in [0.5, 0.6) is 0 Å². The lowest BCUT2D eigenvalue weighted by Crippen LogP contribution is -2.36. The second-order valence-corrected chi connectivity index (χ2v) is 6.81. The lowest BCUT2D eigenvalue weighted by atomic mass is 9.76. The van der Waals surface area contributed by atoms with Crippen LogP contribution in [0.4, 0.5) is 5.69 Å². The number of carboxylic acids is 1. The number of aryl methyl sites for hydroxylation is 1. The zero-order valence-electron chi connectivity index (χ0n) is 14.8. The third kappa shape index (κ3) is 4.47. The van der Waals surface area contributed by atoms with Crippen molar-refractivity contribution < 1.29 is 14.7 Å². The van der Waals surface area contributed by atoms with Gasteiger partial charge in [-0.25, -0.2) is 0 Å². The first-order valence-corrected chi connectivity index (χ1v) is 8.70. The third-order valence-electron chi connectivity index (χ3n) is 4.96. The van der Waals surface area contributed by atoms with Gasteiger partial charge in [-0.05, 0) is 57.2 Å². The maximum absolute atomic E-state index is 12.6. The first kappa shape index (κ1) is 18.2. The van der Waals surface area contributed by atoms with Crippen molar-refractivity contribution in [3.63, 3.8) is 0 Å². The van der Waals surface area contributed by atoms with E-state index in [1.807, 2.05) is 38.1 Å². The molecule has 1 aliphatic carbocycles. The molecule has 0 unspecified atom stereocenters. The van der Waals surface area contributed by atoms with E-state index in [-0.39, 0.29) is 5.91 Å². The Kier molecular flexibility index (Phi) is 6.18. The van der Waals surface area contributed by atoms with Gasteiger partial charge in [0.25, 0.3) is 0 Å². The van der Waals surface area contributed by atoms with Crippen molar-refractivity contribution >= 4 is 17.6 Å². The highest BCUT2D eigenvalue weighted by atomic mass is 16.4. The Morgan fingerprint density at radius 2 is 1.67 bits per heavy atom. The molecule has 24 heavy (non-hydrogen) atoms. The van der Waals surface area contributed by atoms with Crippen LogP contribution >= 0.6 is 0 Å². The summed E-state index contributed by atoms with van der Waals surface area (Å²) in [6, 6.07) is 7.84. The van der Waals surface area contributed by atoms with E-state index in [1.165, 1.54) is 5.56 Å². The maximum Gasteiger partial charge on any atom is 0.307 e. The van der Waals surface area contributed by atoms with Crippen LogP contribution in [0.3, 0.4) is 0 Å². The molecule has 2 atom stereocenters. The molecule has 0 radical (unpaired) electrons. The van der Waals surface area contributed by atoms with Crippen LogP contribution in [0.1, 0.15) is 52.0 Å². The molecule has 0 saturated carbocycles. The Labute approximate surface area is 144 Å². The van der Waals surface area contributed by atoms with Crippen molar-refractivity contribution in [2.45, 2.75) is 52.9 Å². The number of rotatable bonds is 6. The van der Waals surface area contributed by atoms with E-state index in [1.54, 1.807) is 0 Å². The molecule has 0 heterocycles. The van der Waals surface area contributed by atoms with Gasteiger partial charge in [0.15, 0.2) is 0 Å². The summed E-state index contributed by atoms with van der Waals surface area (Å²) in [6.45, 7) is 6.10. The number of nitrogens with one attached hydrogen (secondary N) is 1. The summed E-state index contributed by atoms with van der Waals surface area (Å²) in [5.74, 6) is -2.24. The molecule has 1 aromatic rings. The van der Waals surface area contributed by atoms with Gasteiger partial charge in [0.05, 0.1) is 11.8 Å². The van der Waals surface area contributed by atoms with Gasteiger partial charge in [-0.15, -0.1) is 0 Å². The van der Waals surface area contributed by atoms with Crippen LogP contribution in [0.2, 0.25) is 0 Å². The fourth-order valence-corrected chi connectivity index (χ4v) is 3.20. The van der Waals surface area contributed by atoms with Gasteiger partial charge >= 0.3 is 5.97 Å². The van der Waals surface area contributed by atoms with Crippen LogP contribution < -0.4 is 5.32 Å². The summed E-state index contributed by atoms with van der Waals surface area (Å²) in [5, 5.41) is 12.3. The van der Waals surface area contributed by atoms with E-state index in [0.717, 1.165) is 36.1 Å². The Balaban J connectivity index is 2.06. The van der Waals surface area contributed by atoms with Gasteiger partial charge in [-0.2, -0.15) is 0 Å². The number of carboxylic acid groups (broad SMARTS) is 1. The predicted molar refractivity (Wildman–Crippen MR) is 95.9 cm³/mol. The monoisotopic (exact) mass is 329 g/mol. The van der Waals surface area contributed by atoms with E-state index in [0.29, 0.717) is 12.8 Å². The highest BCUT2D eigenvalue weighted by Gasteiger charge is 2.37. The third-order valence-corrected chi connectivity index (χ3v) is 4.96. The highest BCUT2D eigenvalue weighted by molar-refractivity contribution is 5.95. The summed E-state index contributed by atoms with van der Waals surface area (Å²) in [4.78, 5) is 24.1. The highest BCUT2D eigenvalue weighted by Crippen LogP contribution is 2.35. The lowest BCUT2D eigenvalue weighted by molar-refractivity contribution is -0.146. The van der Waals surface area contributed by atoms with Crippen molar-refractivity contribution in [1.29, 1.82) is 0 Å². The fraction of sp³-hybridized carbons (Fsp3) is 0.500. The molecular formula is C20H27NO3. The Morgan fingerprint density at radius 3 is 2.21 bits per heavy atom. The first-order valence-electron chi connectivity index (χ1n) is 8.70. The number of benzene rings is 1. The molecular weight excluding hydrogens is 302 g/mol. The van der Waals surface area contributed by atoms with Crippen molar-refractivity contribution in [3.8, 4) is 0 Å². The van der Waals surface area contributed by atoms with Gasteiger partial charge in [-0.3, -0.25) is 9.59 Å². The molecule has 2 rings (SSSR count). The molecule has 2 N–H and O–H groups in total. The number of unbranched alkanes of at least 4 members (excludes halogenated alkanes) is 1. The van der Waals surface area contributed by atoms with Crippen LogP contribution in [-0.2, 0) is 16.0 Å². The molecule has 0 fully saturated rings. The quantitative estimate of drug-likeness (QED) is 0.759. The molecule has 0 spiro atoms. The summed E-state index contributed by atoms with van der Waals surface area (Å²) in [7, 11) is 0. The molecule has 1 aliphatic rings. The Bertz CT molecular complexity index is 631. The molecule has 0 bridgehead atoms. The fourth-order valence-electron chi connectivity index (χ4n) is 3.20. The molecule has 1 amide bonds. The summed E-state index contributed by atoms with van der Waals surface area (Å²) in [6.07, 6.45) is 4.32.